The summed E-state index contributed by atoms with van der Waals surface area (Å²) < 4.78 is 27.1. The van der Waals surface area contributed by atoms with Gasteiger partial charge >= 0.3 is 0 Å². The van der Waals surface area contributed by atoms with Gasteiger partial charge in [-0.1, -0.05) is 24.3 Å². The van der Waals surface area contributed by atoms with Crippen LogP contribution in [-0.2, 0) is 16.4 Å². The molecule has 0 atom stereocenters. The van der Waals surface area contributed by atoms with Crippen molar-refractivity contribution in [1.82, 2.24) is 4.72 Å². The van der Waals surface area contributed by atoms with Crippen molar-refractivity contribution in [3.63, 3.8) is 0 Å². The first-order chi connectivity index (χ1) is 13.0. The average molecular weight is 389 g/mol. The number of nitrogens with zero attached hydrogens (tertiary/aromatic N) is 2. The van der Waals surface area contributed by atoms with Gasteiger partial charge in [-0.2, -0.15) is 0 Å². The Morgan fingerprint density at radius 2 is 1.70 bits per heavy atom. The summed E-state index contributed by atoms with van der Waals surface area (Å²) in [7, 11) is -3.91. The van der Waals surface area contributed by atoms with Gasteiger partial charge < -0.3 is 4.90 Å². The molecule has 0 bridgehead atoms. The summed E-state index contributed by atoms with van der Waals surface area (Å²) in [6, 6.07) is 13.7. The number of hydrogen-bond acceptors (Lipinski definition) is 5. The molecule has 2 aromatic rings. The number of hydrogen-bond donors (Lipinski definition) is 1. The van der Waals surface area contributed by atoms with Gasteiger partial charge in [-0.15, -0.1) is 0 Å². The maximum Gasteiger partial charge on any atom is 0.289 e. The summed E-state index contributed by atoms with van der Waals surface area (Å²) in [6.45, 7) is 2.43. The van der Waals surface area contributed by atoms with Crippen molar-refractivity contribution < 1.29 is 13.3 Å². The molecular weight excluding hydrogens is 366 g/mol. The molecule has 144 valence electrons. The standard InChI is InChI=1S/C19H23N3O4S/c23-22(24)18-7-1-2-8-19(18)27(25,26)20-13-5-6-16-9-11-17(12-10-16)21-14-3-4-15-21/h1-2,7-12,20H,3-6,13-15H2. The number of sulfonamides is 1. The number of para-hydroxylation sites is 1. The molecule has 7 nitrogen and oxygen atoms in total. The molecule has 1 aliphatic rings. The third-order valence-electron chi connectivity index (χ3n) is 4.69. The van der Waals surface area contributed by atoms with Gasteiger partial charge in [0, 0.05) is 31.4 Å². The minimum Gasteiger partial charge on any atom is -0.372 e. The van der Waals surface area contributed by atoms with E-state index in [1.807, 2.05) is 0 Å². The van der Waals surface area contributed by atoms with E-state index in [4.69, 9.17) is 0 Å². The lowest BCUT2D eigenvalue weighted by atomic mass is 10.1. The summed E-state index contributed by atoms with van der Waals surface area (Å²) in [5.41, 5.74) is 1.96. The fraction of sp³-hybridized carbons (Fsp3) is 0.368. The molecule has 0 radical (unpaired) electrons. The highest BCUT2D eigenvalue weighted by Gasteiger charge is 2.24. The number of aryl methyl sites for hydroxylation is 1. The van der Waals surface area contributed by atoms with Gasteiger partial charge in [-0.05, 0) is 49.4 Å². The molecule has 1 aliphatic heterocycles. The fourth-order valence-electron chi connectivity index (χ4n) is 3.26. The largest absolute Gasteiger partial charge is 0.372 e. The third kappa shape index (κ3) is 4.84. The lowest BCUT2D eigenvalue weighted by Crippen LogP contribution is -2.25. The van der Waals surface area contributed by atoms with Gasteiger partial charge in [0.1, 0.15) is 0 Å². The van der Waals surface area contributed by atoms with Crippen LogP contribution in [-0.4, -0.2) is 33.0 Å². The normalized spacial score (nSPS) is 14.4. The second-order valence-corrected chi connectivity index (χ2v) is 8.32. The molecule has 0 unspecified atom stereocenters. The van der Waals surface area contributed by atoms with Crippen LogP contribution < -0.4 is 9.62 Å². The number of rotatable bonds is 8. The Bertz CT molecular complexity index is 891. The third-order valence-corrected chi connectivity index (χ3v) is 6.20. The molecule has 0 spiro atoms. The Labute approximate surface area is 159 Å². The maximum absolute atomic E-state index is 12.3. The van der Waals surface area contributed by atoms with Crippen LogP contribution in [0.5, 0.6) is 0 Å². The molecule has 1 fully saturated rings. The number of nitrogens with one attached hydrogen (secondary N) is 1. The molecular formula is C19H23N3O4S. The summed E-state index contributed by atoms with van der Waals surface area (Å²) in [6.07, 6.45) is 3.82. The van der Waals surface area contributed by atoms with Gasteiger partial charge in [0.05, 0.1) is 4.92 Å². The minimum absolute atomic E-state index is 0.224. The molecule has 1 heterocycles. The van der Waals surface area contributed by atoms with Gasteiger partial charge in [0.2, 0.25) is 10.0 Å². The highest BCUT2D eigenvalue weighted by atomic mass is 32.2. The predicted molar refractivity (Wildman–Crippen MR) is 104 cm³/mol. The Balaban J connectivity index is 1.53. The Morgan fingerprint density at radius 1 is 1.04 bits per heavy atom. The second kappa shape index (κ2) is 8.49. The van der Waals surface area contributed by atoms with Crippen molar-refractivity contribution in [2.24, 2.45) is 0 Å². The van der Waals surface area contributed by atoms with Crippen LogP contribution in [0.1, 0.15) is 24.8 Å². The quantitative estimate of drug-likeness (QED) is 0.425. The maximum atomic E-state index is 12.3. The molecule has 0 aromatic heterocycles. The number of anilines is 1. The first-order valence-corrected chi connectivity index (χ1v) is 10.5. The number of nitro benzene ring substituents is 1. The lowest BCUT2D eigenvalue weighted by Gasteiger charge is -2.17. The van der Waals surface area contributed by atoms with E-state index < -0.39 is 20.6 Å². The molecule has 1 saturated heterocycles. The van der Waals surface area contributed by atoms with E-state index >= 15 is 0 Å². The SMILES string of the molecule is O=[N+]([O-])c1ccccc1S(=O)(=O)NCCCc1ccc(N2CCCC2)cc1. The van der Waals surface area contributed by atoms with Crippen molar-refractivity contribution in [3.8, 4) is 0 Å². The molecule has 0 aliphatic carbocycles. The van der Waals surface area contributed by atoms with Crippen molar-refractivity contribution in [2.45, 2.75) is 30.6 Å². The summed E-state index contributed by atoms with van der Waals surface area (Å²) in [5, 5.41) is 11.0. The van der Waals surface area contributed by atoms with Gasteiger partial charge in [0.25, 0.3) is 5.69 Å². The number of nitro groups is 1. The van der Waals surface area contributed by atoms with Gasteiger partial charge in [-0.3, -0.25) is 10.1 Å². The Kier molecular flexibility index (Phi) is 6.08. The van der Waals surface area contributed by atoms with Crippen LogP contribution in [0.15, 0.2) is 53.4 Å². The van der Waals surface area contributed by atoms with Crippen LogP contribution >= 0.6 is 0 Å². The van der Waals surface area contributed by atoms with Crippen LogP contribution in [0, 0.1) is 10.1 Å². The highest BCUT2D eigenvalue weighted by Crippen LogP contribution is 2.23. The van der Waals surface area contributed by atoms with Crippen LogP contribution in [0.3, 0.4) is 0 Å². The molecule has 0 saturated carbocycles. The van der Waals surface area contributed by atoms with Gasteiger partial charge in [-0.25, -0.2) is 13.1 Å². The highest BCUT2D eigenvalue weighted by molar-refractivity contribution is 7.89. The Morgan fingerprint density at radius 3 is 2.37 bits per heavy atom. The minimum atomic E-state index is -3.91. The van der Waals surface area contributed by atoms with E-state index in [9.17, 15) is 18.5 Å². The fourth-order valence-corrected chi connectivity index (χ4v) is 4.50. The predicted octanol–water partition coefficient (Wildman–Crippen LogP) is 3.11. The molecule has 8 heteroatoms. The monoisotopic (exact) mass is 389 g/mol. The Hall–Kier alpha value is -2.45. The number of benzene rings is 2. The first-order valence-electron chi connectivity index (χ1n) is 9.04. The summed E-state index contributed by atoms with van der Waals surface area (Å²) >= 11 is 0. The second-order valence-electron chi connectivity index (χ2n) is 6.59. The van der Waals surface area contributed by atoms with Crippen molar-refractivity contribution in [1.29, 1.82) is 0 Å². The molecule has 27 heavy (non-hydrogen) atoms. The van der Waals surface area contributed by atoms with E-state index in [1.54, 1.807) is 0 Å². The molecule has 0 amide bonds. The summed E-state index contributed by atoms with van der Waals surface area (Å²) in [5.74, 6) is 0. The van der Waals surface area contributed by atoms with Crippen molar-refractivity contribution >= 4 is 21.4 Å². The zero-order valence-electron chi connectivity index (χ0n) is 15.0. The smallest absolute Gasteiger partial charge is 0.289 e. The van der Waals surface area contributed by atoms with Crippen LogP contribution in [0.2, 0.25) is 0 Å². The summed E-state index contributed by atoms with van der Waals surface area (Å²) in [4.78, 5) is 12.4. The first kappa shape index (κ1) is 19.3. The van der Waals surface area contributed by atoms with E-state index in [0.717, 1.165) is 25.1 Å². The van der Waals surface area contributed by atoms with E-state index in [0.29, 0.717) is 6.42 Å². The molecule has 3 rings (SSSR count). The zero-order valence-corrected chi connectivity index (χ0v) is 15.8. The van der Waals surface area contributed by atoms with E-state index in [-0.39, 0.29) is 11.4 Å². The zero-order chi connectivity index (χ0) is 19.3. The van der Waals surface area contributed by atoms with Crippen LogP contribution in [0.4, 0.5) is 11.4 Å². The van der Waals surface area contributed by atoms with Crippen molar-refractivity contribution in [2.75, 3.05) is 24.5 Å². The average Bonchev–Trinajstić information content (AvgIpc) is 3.20. The van der Waals surface area contributed by atoms with Crippen LogP contribution in [0.25, 0.3) is 0 Å². The lowest BCUT2D eigenvalue weighted by molar-refractivity contribution is -0.387. The molecule has 2 aromatic carbocycles. The molecule has 1 N–H and O–H groups in total. The van der Waals surface area contributed by atoms with Gasteiger partial charge in [0.15, 0.2) is 4.90 Å². The van der Waals surface area contributed by atoms with Crippen molar-refractivity contribution in [3.05, 3.63) is 64.2 Å². The topological polar surface area (TPSA) is 92.5 Å². The van der Waals surface area contributed by atoms with E-state index in [1.165, 1.54) is 42.8 Å². The van der Waals surface area contributed by atoms with E-state index in [2.05, 4.69) is 33.9 Å².